The van der Waals surface area contributed by atoms with Gasteiger partial charge in [-0.05, 0) is 151 Å². The second-order valence-electron chi connectivity index (χ2n) is 20.1. The molecule has 0 atom stereocenters. The topological polar surface area (TPSA) is 9.86 Å². The molecule has 2 heteroatoms. The quantitative estimate of drug-likeness (QED) is 0.163. The minimum Gasteiger partial charge on any atom is -0.309 e. The lowest BCUT2D eigenvalue weighted by atomic mass is 9.80. The van der Waals surface area contributed by atoms with Crippen LogP contribution in [-0.4, -0.2) is 9.13 Å². The summed E-state index contributed by atoms with van der Waals surface area (Å²) in [6.45, 7) is 9.52. The van der Waals surface area contributed by atoms with Gasteiger partial charge in [0.05, 0.1) is 22.1 Å². The Bertz CT molecular complexity index is 4060. The molecule has 2 nitrogen and oxygen atoms in total. The van der Waals surface area contributed by atoms with Crippen LogP contribution in [0.1, 0.15) is 49.9 Å². The summed E-state index contributed by atoms with van der Waals surface area (Å²) < 4.78 is 4.84. The Hall–Kier alpha value is -8.20. The zero-order valence-corrected chi connectivity index (χ0v) is 38.7. The van der Waals surface area contributed by atoms with Crippen LogP contribution in [0, 0.1) is 0 Å². The summed E-state index contributed by atoms with van der Waals surface area (Å²) in [5.74, 6) is 0. The molecule has 0 aliphatic heterocycles. The van der Waals surface area contributed by atoms with Crippen LogP contribution in [0.2, 0.25) is 0 Å². The van der Waals surface area contributed by atoms with Gasteiger partial charge in [-0.2, -0.15) is 0 Å². The van der Waals surface area contributed by atoms with E-state index in [1.54, 1.807) is 0 Å². The van der Waals surface area contributed by atoms with Crippen molar-refractivity contribution in [1.82, 2.24) is 9.13 Å². The van der Waals surface area contributed by atoms with Crippen molar-refractivity contribution in [2.45, 2.75) is 38.5 Å². The summed E-state index contributed by atoms with van der Waals surface area (Å²) in [6.07, 6.45) is 0. The van der Waals surface area contributed by atoms with Crippen LogP contribution in [0.5, 0.6) is 0 Å². The Labute approximate surface area is 397 Å². The van der Waals surface area contributed by atoms with Gasteiger partial charge in [-0.15, -0.1) is 0 Å². The van der Waals surface area contributed by atoms with Crippen molar-refractivity contribution < 1.29 is 0 Å². The largest absolute Gasteiger partial charge is 0.309 e. The number of para-hydroxylation sites is 3. The van der Waals surface area contributed by atoms with Gasteiger partial charge in [0.2, 0.25) is 0 Å². The summed E-state index contributed by atoms with van der Waals surface area (Å²) >= 11 is 0. The van der Waals surface area contributed by atoms with Gasteiger partial charge in [0.1, 0.15) is 0 Å². The third kappa shape index (κ3) is 5.52. The van der Waals surface area contributed by atoms with Crippen molar-refractivity contribution in [3.63, 3.8) is 0 Å². The average molecular weight is 869 g/mol. The monoisotopic (exact) mass is 868 g/mol. The molecule has 0 fully saturated rings. The smallest absolute Gasteiger partial charge is 0.0541 e. The molecule has 0 spiro atoms. The SMILES string of the molecule is CC1(C)c2cc(-c3ccc(-c4ccc5c(c4)c4ccccc4n5-c4ccccc4)cc3)ccc2-c2ccc(-c3ccc4c(c3)c3ccccc3n4-c3ccc4c(c3)C(C)(C)c3ccccc3-4)cc21. The molecular weight excluding hydrogens is 821 g/mol. The van der Waals surface area contributed by atoms with Crippen molar-refractivity contribution in [3.05, 3.63) is 241 Å². The van der Waals surface area contributed by atoms with Gasteiger partial charge in [-0.25, -0.2) is 0 Å². The molecule has 2 aliphatic carbocycles. The van der Waals surface area contributed by atoms with Crippen molar-refractivity contribution >= 4 is 43.6 Å². The molecule has 10 aromatic carbocycles. The molecule has 0 saturated heterocycles. The maximum absolute atomic E-state index is 2.47. The molecule has 12 aromatic rings. The van der Waals surface area contributed by atoms with Crippen LogP contribution in [-0.2, 0) is 10.8 Å². The maximum atomic E-state index is 2.47. The number of aromatic nitrogens is 2. The molecule has 0 unspecified atom stereocenters. The highest BCUT2D eigenvalue weighted by Crippen LogP contribution is 2.52. The highest BCUT2D eigenvalue weighted by molar-refractivity contribution is 6.12. The molecule has 0 N–H and O–H groups in total. The fraction of sp³-hybridized carbons (Fsp3) is 0.0909. The van der Waals surface area contributed by atoms with Gasteiger partial charge >= 0.3 is 0 Å². The number of rotatable bonds is 5. The second kappa shape index (κ2) is 14.2. The van der Waals surface area contributed by atoms with Crippen LogP contribution in [0.25, 0.3) is 111 Å². The summed E-state index contributed by atoms with van der Waals surface area (Å²) in [7, 11) is 0. The van der Waals surface area contributed by atoms with Crippen LogP contribution in [0.3, 0.4) is 0 Å². The zero-order chi connectivity index (χ0) is 45.5. The Morgan fingerprint density at radius 2 is 0.632 bits per heavy atom. The molecule has 2 aliphatic rings. The van der Waals surface area contributed by atoms with E-state index >= 15 is 0 Å². The molecule has 0 amide bonds. The third-order valence-corrected chi connectivity index (χ3v) is 15.7. The van der Waals surface area contributed by atoms with Gasteiger partial charge in [0.15, 0.2) is 0 Å². The number of benzene rings is 10. The lowest BCUT2D eigenvalue weighted by molar-refractivity contribution is 0.660. The van der Waals surface area contributed by atoms with Crippen molar-refractivity contribution in [1.29, 1.82) is 0 Å². The Morgan fingerprint density at radius 3 is 1.24 bits per heavy atom. The van der Waals surface area contributed by atoms with E-state index in [9.17, 15) is 0 Å². The van der Waals surface area contributed by atoms with Crippen molar-refractivity contribution in [2.75, 3.05) is 0 Å². The van der Waals surface area contributed by atoms with E-state index in [0.29, 0.717) is 0 Å². The number of nitrogens with zero attached hydrogens (tertiary/aromatic N) is 2. The molecule has 68 heavy (non-hydrogen) atoms. The first-order valence-corrected chi connectivity index (χ1v) is 24.0. The summed E-state index contributed by atoms with van der Waals surface area (Å²) in [6, 6.07) is 81.7. The van der Waals surface area contributed by atoms with Crippen LogP contribution in [0.15, 0.2) is 218 Å². The molecule has 2 heterocycles. The Morgan fingerprint density at radius 1 is 0.250 bits per heavy atom. The molecule has 2 aromatic heterocycles. The normalized spacial score (nSPS) is 14.1. The Balaban J connectivity index is 0.783. The van der Waals surface area contributed by atoms with Gasteiger partial charge in [0.25, 0.3) is 0 Å². The first-order valence-electron chi connectivity index (χ1n) is 24.0. The van der Waals surface area contributed by atoms with E-state index in [1.165, 1.54) is 133 Å². The van der Waals surface area contributed by atoms with Crippen molar-refractivity contribution in [3.8, 4) is 67.0 Å². The van der Waals surface area contributed by atoms with Gasteiger partial charge < -0.3 is 9.13 Å². The second-order valence-corrected chi connectivity index (χ2v) is 20.1. The average Bonchev–Trinajstić information content (AvgIpc) is 4.04. The Kier molecular flexibility index (Phi) is 8.12. The molecule has 0 saturated carbocycles. The van der Waals surface area contributed by atoms with E-state index in [0.717, 1.165) is 0 Å². The lowest BCUT2D eigenvalue weighted by Gasteiger charge is -2.23. The standard InChI is InChI=1S/C66H48N2/c1-65(2)57-19-11-8-16-49(57)52-33-30-48(40-60(52)65)68-62-21-13-10-18-54(62)56-37-44(29-35-64(56)68)46-27-32-51-50-31-26-45(38-58(50)66(3,4)59(51)39-46)42-24-22-41(23-25-42)43-28-34-63-55(36-43)53-17-9-12-20-61(53)67(63)47-14-6-5-7-15-47/h5-40H,1-4H3. The fourth-order valence-electron chi connectivity index (χ4n) is 12.2. The molecule has 14 rings (SSSR count). The van der Waals surface area contributed by atoms with Crippen LogP contribution >= 0.6 is 0 Å². The lowest BCUT2D eigenvalue weighted by Crippen LogP contribution is -2.15. The fourth-order valence-corrected chi connectivity index (χ4v) is 12.2. The predicted molar refractivity (Wildman–Crippen MR) is 287 cm³/mol. The van der Waals surface area contributed by atoms with Crippen LogP contribution in [0.4, 0.5) is 0 Å². The van der Waals surface area contributed by atoms with Crippen LogP contribution < -0.4 is 0 Å². The van der Waals surface area contributed by atoms with E-state index < -0.39 is 0 Å². The molecule has 0 bridgehead atoms. The molecular formula is C66H48N2. The van der Waals surface area contributed by atoms with Gasteiger partial charge in [-0.3, -0.25) is 0 Å². The summed E-state index contributed by atoms with van der Waals surface area (Å²) in [5.41, 5.74) is 25.4. The highest BCUT2D eigenvalue weighted by Gasteiger charge is 2.37. The molecule has 0 radical (unpaired) electrons. The van der Waals surface area contributed by atoms with E-state index in [-0.39, 0.29) is 10.8 Å². The molecule has 322 valence electrons. The number of hydrogen-bond acceptors (Lipinski definition) is 0. The number of fused-ring (bicyclic) bond motifs is 12. The third-order valence-electron chi connectivity index (χ3n) is 15.7. The van der Waals surface area contributed by atoms with Gasteiger partial charge in [-0.1, -0.05) is 173 Å². The first kappa shape index (κ1) is 39.0. The highest BCUT2D eigenvalue weighted by atomic mass is 15.0. The maximum Gasteiger partial charge on any atom is 0.0541 e. The number of hydrogen-bond donors (Lipinski definition) is 0. The summed E-state index contributed by atoms with van der Waals surface area (Å²) in [5, 5.41) is 5.08. The minimum absolute atomic E-state index is 0.0623. The van der Waals surface area contributed by atoms with Crippen molar-refractivity contribution in [2.24, 2.45) is 0 Å². The zero-order valence-electron chi connectivity index (χ0n) is 38.7. The van der Waals surface area contributed by atoms with Gasteiger partial charge in [0, 0.05) is 43.7 Å². The van der Waals surface area contributed by atoms with E-state index in [4.69, 9.17) is 0 Å². The van der Waals surface area contributed by atoms with E-state index in [1.807, 2.05) is 0 Å². The minimum atomic E-state index is -0.161. The summed E-state index contributed by atoms with van der Waals surface area (Å²) in [4.78, 5) is 0. The first-order chi connectivity index (χ1) is 33.2. The van der Waals surface area contributed by atoms with E-state index in [2.05, 4.69) is 255 Å². The predicted octanol–water partition coefficient (Wildman–Crippen LogP) is 17.5.